The highest BCUT2D eigenvalue weighted by molar-refractivity contribution is 5.98. The number of halogens is 1. The average Bonchev–Trinajstić information content (AvgIpc) is 3.44. The first-order valence-electron chi connectivity index (χ1n) is 8.85. The second kappa shape index (κ2) is 9.18. The van der Waals surface area contributed by atoms with Crippen molar-refractivity contribution in [3.63, 3.8) is 0 Å². The van der Waals surface area contributed by atoms with Crippen molar-refractivity contribution < 1.29 is 19.1 Å². The van der Waals surface area contributed by atoms with Gasteiger partial charge in [-0.2, -0.15) is 9.59 Å². The summed E-state index contributed by atoms with van der Waals surface area (Å²) in [4.78, 5) is 27.3. The van der Waals surface area contributed by atoms with Crippen molar-refractivity contribution in [1.29, 1.82) is 0 Å². The average molecular weight is 441 g/mol. The van der Waals surface area contributed by atoms with Gasteiger partial charge in [0.2, 0.25) is 11.4 Å². The van der Waals surface area contributed by atoms with Crippen LogP contribution in [0.2, 0.25) is 0 Å². The van der Waals surface area contributed by atoms with E-state index in [1.54, 1.807) is 24.3 Å². The number of para-hydroxylation sites is 2. The van der Waals surface area contributed by atoms with Crippen molar-refractivity contribution in [3.05, 3.63) is 72.1 Å². The Kier molecular flexibility index (Phi) is 6.41. The van der Waals surface area contributed by atoms with Gasteiger partial charge in [-0.3, -0.25) is 0 Å². The number of nitrogens with zero attached hydrogens (tertiary/aromatic N) is 6. The van der Waals surface area contributed by atoms with Gasteiger partial charge in [0, 0.05) is 0 Å². The summed E-state index contributed by atoms with van der Waals surface area (Å²) in [6, 6.07) is 18.0. The van der Waals surface area contributed by atoms with Gasteiger partial charge in [0.25, 0.3) is 0 Å². The highest BCUT2D eigenvalue weighted by Gasteiger charge is 2.30. The van der Waals surface area contributed by atoms with Crippen molar-refractivity contribution >= 4 is 24.3 Å². The van der Waals surface area contributed by atoms with E-state index in [0.717, 1.165) is 0 Å². The highest BCUT2D eigenvalue weighted by Crippen LogP contribution is 2.25. The Morgan fingerprint density at radius 3 is 1.32 bits per heavy atom. The normalized spacial score (nSPS) is 10.3. The molecule has 0 aliphatic rings. The van der Waals surface area contributed by atoms with Crippen LogP contribution in [0.15, 0.2) is 60.7 Å². The van der Waals surface area contributed by atoms with Crippen LogP contribution in [-0.4, -0.2) is 56.1 Å². The number of aromatic nitrogens is 6. The van der Waals surface area contributed by atoms with E-state index < -0.39 is 11.9 Å². The molecule has 0 radical (unpaired) electrons. The third-order valence-corrected chi connectivity index (χ3v) is 4.18. The number of ether oxygens (including phenoxy) is 2. The van der Waals surface area contributed by atoms with Crippen molar-refractivity contribution in [1.82, 2.24) is 30.0 Å². The van der Waals surface area contributed by atoms with Crippen LogP contribution >= 0.6 is 12.4 Å². The fraction of sp³-hybridized carbons (Fsp3) is 0.100. The monoisotopic (exact) mass is 440 g/mol. The molecule has 31 heavy (non-hydrogen) atoms. The number of benzene rings is 2. The molecular weight excluding hydrogens is 424 g/mol. The SMILES string of the molecule is COC(=O)c1nn(-c2ccccc2)nc1-c1nn(-c2ccccc2)nc1C(=O)OC.Cl. The molecule has 0 bridgehead atoms. The summed E-state index contributed by atoms with van der Waals surface area (Å²) >= 11 is 0. The van der Waals surface area contributed by atoms with E-state index in [4.69, 9.17) is 9.47 Å². The summed E-state index contributed by atoms with van der Waals surface area (Å²) in [5, 5.41) is 17.2. The summed E-state index contributed by atoms with van der Waals surface area (Å²) in [6.45, 7) is 0. The maximum Gasteiger partial charge on any atom is 0.361 e. The molecule has 158 valence electrons. The van der Waals surface area contributed by atoms with Gasteiger partial charge < -0.3 is 9.47 Å². The molecule has 0 aliphatic carbocycles. The molecule has 0 aliphatic heterocycles. The molecule has 0 spiro atoms. The minimum Gasteiger partial charge on any atom is -0.464 e. The van der Waals surface area contributed by atoms with E-state index in [1.807, 2.05) is 36.4 Å². The van der Waals surface area contributed by atoms with Crippen LogP contribution in [0.5, 0.6) is 0 Å². The van der Waals surface area contributed by atoms with E-state index in [1.165, 1.54) is 23.8 Å². The summed E-state index contributed by atoms with van der Waals surface area (Å²) < 4.78 is 9.68. The fourth-order valence-electron chi connectivity index (χ4n) is 2.75. The molecule has 0 saturated heterocycles. The molecule has 0 unspecified atom stereocenters. The highest BCUT2D eigenvalue weighted by atomic mass is 35.5. The van der Waals surface area contributed by atoms with Crippen LogP contribution in [0.4, 0.5) is 0 Å². The predicted octanol–water partition coefficient (Wildman–Crippen LogP) is 2.51. The van der Waals surface area contributed by atoms with Gasteiger partial charge in [0.15, 0.2) is 11.4 Å². The summed E-state index contributed by atoms with van der Waals surface area (Å²) in [5.41, 5.74) is 1.12. The summed E-state index contributed by atoms with van der Waals surface area (Å²) in [5.74, 6) is -1.45. The van der Waals surface area contributed by atoms with Crippen molar-refractivity contribution in [2.45, 2.75) is 0 Å². The lowest BCUT2D eigenvalue weighted by Gasteiger charge is -1.98. The lowest BCUT2D eigenvalue weighted by Crippen LogP contribution is -2.07. The molecular formula is C20H17ClN6O4. The van der Waals surface area contributed by atoms with Gasteiger partial charge in [-0.25, -0.2) is 9.59 Å². The third-order valence-electron chi connectivity index (χ3n) is 4.18. The number of carbonyl (C=O) groups is 2. The first kappa shape index (κ1) is 21.7. The van der Waals surface area contributed by atoms with Crippen LogP contribution in [-0.2, 0) is 9.47 Å². The van der Waals surface area contributed by atoms with Gasteiger partial charge >= 0.3 is 11.9 Å². The maximum atomic E-state index is 12.4. The van der Waals surface area contributed by atoms with Crippen LogP contribution in [0.3, 0.4) is 0 Å². The van der Waals surface area contributed by atoms with E-state index in [9.17, 15) is 9.59 Å². The topological polar surface area (TPSA) is 114 Å². The zero-order valence-corrected chi connectivity index (χ0v) is 17.3. The number of methoxy groups -OCH3 is 2. The summed E-state index contributed by atoms with van der Waals surface area (Å²) in [7, 11) is 2.46. The number of carbonyl (C=O) groups excluding carboxylic acids is 2. The summed E-state index contributed by atoms with van der Waals surface area (Å²) in [6.07, 6.45) is 0. The molecule has 0 N–H and O–H groups in total. The van der Waals surface area contributed by atoms with Crippen molar-refractivity contribution in [3.8, 4) is 22.8 Å². The van der Waals surface area contributed by atoms with Gasteiger partial charge in [0.05, 0.1) is 25.6 Å². The van der Waals surface area contributed by atoms with Gasteiger partial charge in [-0.1, -0.05) is 36.4 Å². The molecule has 0 atom stereocenters. The quantitative estimate of drug-likeness (QED) is 0.435. The molecule has 0 saturated carbocycles. The smallest absolute Gasteiger partial charge is 0.361 e. The maximum absolute atomic E-state index is 12.4. The Hall–Kier alpha value is -4.05. The number of hydrogen-bond acceptors (Lipinski definition) is 8. The Balaban J connectivity index is 0.00000272. The van der Waals surface area contributed by atoms with Gasteiger partial charge in [-0.05, 0) is 24.3 Å². The lowest BCUT2D eigenvalue weighted by molar-refractivity contribution is 0.0583. The number of rotatable bonds is 5. The van der Waals surface area contributed by atoms with E-state index in [-0.39, 0.29) is 35.2 Å². The molecule has 11 heteroatoms. The fourth-order valence-corrected chi connectivity index (χ4v) is 2.75. The molecule has 4 aromatic rings. The van der Waals surface area contributed by atoms with Gasteiger partial charge in [0.1, 0.15) is 0 Å². The van der Waals surface area contributed by atoms with E-state index in [0.29, 0.717) is 11.4 Å². The minimum atomic E-state index is -0.725. The molecule has 0 amide bonds. The number of esters is 2. The van der Waals surface area contributed by atoms with E-state index in [2.05, 4.69) is 20.4 Å². The first-order valence-corrected chi connectivity index (χ1v) is 8.85. The van der Waals surface area contributed by atoms with Crippen LogP contribution in [0.25, 0.3) is 22.8 Å². The zero-order valence-electron chi connectivity index (χ0n) is 16.5. The van der Waals surface area contributed by atoms with Crippen LogP contribution in [0, 0.1) is 0 Å². The molecule has 0 fully saturated rings. The van der Waals surface area contributed by atoms with Crippen molar-refractivity contribution in [2.24, 2.45) is 0 Å². The predicted molar refractivity (Wildman–Crippen MR) is 112 cm³/mol. The van der Waals surface area contributed by atoms with Crippen LogP contribution in [0.1, 0.15) is 21.0 Å². The minimum absolute atomic E-state index is 0. The molecule has 4 rings (SSSR count). The van der Waals surface area contributed by atoms with Gasteiger partial charge in [-0.15, -0.1) is 32.8 Å². The van der Waals surface area contributed by atoms with Crippen LogP contribution < -0.4 is 0 Å². The van der Waals surface area contributed by atoms with Crippen molar-refractivity contribution in [2.75, 3.05) is 14.2 Å². The first-order chi connectivity index (χ1) is 14.6. The Labute approximate surface area is 182 Å². The zero-order chi connectivity index (χ0) is 21.1. The Bertz CT molecular complexity index is 1110. The molecule has 10 nitrogen and oxygen atoms in total. The molecule has 2 aromatic heterocycles. The molecule has 2 aromatic carbocycles. The second-order valence-electron chi connectivity index (χ2n) is 6.03. The largest absolute Gasteiger partial charge is 0.464 e. The Morgan fingerprint density at radius 1 is 0.645 bits per heavy atom. The van der Waals surface area contributed by atoms with E-state index >= 15 is 0 Å². The molecule has 2 heterocycles. The second-order valence-corrected chi connectivity index (χ2v) is 6.03. The Morgan fingerprint density at radius 2 is 1.00 bits per heavy atom. The standard InChI is InChI=1S/C20H16N6O4.ClH/c1-29-19(27)17-15(21-25(23-17)13-9-5-3-6-10-13)16-18(20(28)30-2)24-26(22-16)14-11-7-4-8-12-14;/h3-12H,1-2H3;1H. The third kappa shape index (κ3) is 4.14. The lowest BCUT2D eigenvalue weighted by atomic mass is 10.2. The number of hydrogen-bond donors (Lipinski definition) is 0.